The zero-order valence-corrected chi connectivity index (χ0v) is 9.93. The maximum Gasteiger partial charge on any atom is 0.126 e. The summed E-state index contributed by atoms with van der Waals surface area (Å²) in [5, 5.41) is 2.06. The number of hydrogen-bond donors (Lipinski definition) is 0. The van der Waals surface area contributed by atoms with Crippen molar-refractivity contribution in [1.29, 1.82) is 0 Å². The Morgan fingerprint density at radius 2 is 2.53 bits per heavy atom. The van der Waals surface area contributed by atoms with E-state index in [1.807, 2.05) is 5.51 Å². The average molecular weight is 223 g/mol. The van der Waals surface area contributed by atoms with Gasteiger partial charge in [-0.05, 0) is 18.8 Å². The minimum Gasteiger partial charge on any atom is -0.303 e. The normalized spacial score (nSPS) is 31.4. The highest BCUT2D eigenvalue weighted by Gasteiger charge is 2.38. The van der Waals surface area contributed by atoms with Crippen molar-refractivity contribution in [2.75, 3.05) is 0 Å². The van der Waals surface area contributed by atoms with Gasteiger partial charge in [0.15, 0.2) is 0 Å². The molecule has 0 N–H and O–H groups in total. The second kappa shape index (κ2) is 4.44. The Bertz CT molecular complexity index is 322. The lowest BCUT2D eigenvalue weighted by molar-refractivity contribution is -0.120. The van der Waals surface area contributed by atoms with Crippen molar-refractivity contribution in [3.8, 4) is 0 Å². The fourth-order valence-corrected chi connectivity index (χ4v) is 3.14. The van der Waals surface area contributed by atoms with Crippen LogP contribution in [0.25, 0.3) is 0 Å². The highest BCUT2D eigenvalue weighted by Crippen LogP contribution is 2.41. The fourth-order valence-electron chi connectivity index (χ4n) is 2.58. The van der Waals surface area contributed by atoms with E-state index in [1.54, 1.807) is 11.3 Å². The summed E-state index contributed by atoms with van der Waals surface area (Å²) in [6, 6.07) is 0. The minimum atomic E-state index is -0.133. The third-order valence-electron chi connectivity index (χ3n) is 3.74. The summed E-state index contributed by atoms with van der Waals surface area (Å²) in [5.41, 5.74) is 2.80. The van der Waals surface area contributed by atoms with Gasteiger partial charge in [-0.25, -0.2) is 4.98 Å². The Morgan fingerprint density at radius 1 is 1.67 bits per heavy atom. The molecule has 1 aromatic rings. The van der Waals surface area contributed by atoms with E-state index in [2.05, 4.69) is 17.3 Å². The van der Waals surface area contributed by atoms with E-state index in [0.717, 1.165) is 18.5 Å². The van der Waals surface area contributed by atoms with Gasteiger partial charge in [0.25, 0.3) is 0 Å². The lowest BCUT2D eigenvalue weighted by atomic mass is 9.65. The van der Waals surface area contributed by atoms with Crippen molar-refractivity contribution in [1.82, 2.24) is 4.98 Å². The van der Waals surface area contributed by atoms with Crippen LogP contribution in [-0.4, -0.2) is 11.3 Å². The highest BCUT2D eigenvalue weighted by atomic mass is 32.1. The second-order valence-electron chi connectivity index (χ2n) is 4.65. The van der Waals surface area contributed by atoms with Gasteiger partial charge in [-0.2, -0.15) is 0 Å². The van der Waals surface area contributed by atoms with Gasteiger partial charge in [0.05, 0.1) is 11.2 Å². The molecule has 1 saturated carbocycles. The zero-order valence-electron chi connectivity index (χ0n) is 9.11. The Kier molecular flexibility index (Phi) is 3.19. The van der Waals surface area contributed by atoms with Crippen molar-refractivity contribution in [2.24, 2.45) is 11.3 Å². The summed E-state index contributed by atoms with van der Waals surface area (Å²) in [7, 11) is 0. The molecule has 0 amide bonds. The molecule has 3 heteroatoms. The third-order valence-corrected chi connectivity index (χ3v) is 4.37. The number of carbonyl (C=O) groups excluding carboxylic acids is 1. The number of nitrogens with zero attached hydrogens (tertiary/aromatic N) is 1. The fraction of sp³-hybridized carbons (Fsp3) is 0.667. The molecule has 0 saturated heterocycles. The van der Waals surface area contributed by atoms with Crippen LogP contribution in [0, 0.1) is 11.3 Å². The van der Waals surface area contributed by atoms with E-state index < -0.39 is 0 Å². The lowest BCUT2D eigenvalue weighted by Gasteiger charge is -2.37. The molecule has 0 aromatic carbocycles. The molecule has 0 spiro atoms. The van der Waals surface area contributed by atoms with Crippen molar-refractivity contribution in [3.05, 3.63) is 16.6 Å². The zero-order chi connectivity index (χ0) is 10.7. The van der Waals surface area contributed by atoms with Crippen LogP contribution in [0.3, 0.4) is 0 Å². The lowest BCUT2D eigenvalue weighted by Crippen LogP contribution is -2.36. The van der Waals surface area contributed by atoms with E-state index in [9.17, 15) is 4.79 Å². The monoisotopic (exact) mass is 223 g/mol. The molecule has 15 heavy (non-hydrogen) atoms. The Labute approximate surface area is 94.7 Å². The molecular weight excluding hydrogens is 206 g/mol. The number of rotatable bonds is 3. The minimum absolute atomic E-state index is 0.133. The number of aromatic nitrogens is 1. The van der Waals surface area contributed by atoms with E-state index in [4.69, 9.17) is 0 Å². The highest BCUT2D eigenvalue weighted by molar-refractivity contribution is 7.07. The van der Waals surface area contributed by atoms with Crippen LogP contribution in [0.4, 0.5) is 0 Å². The molecule has 2 rings (SSSR count). The summed E-state index contributed by atoms with van der Waals surface area (Å²) < 4.78 is 0. The van der Waals surface area contributed by atoms with E-state index in [-0.39, 0.29) is 5.41 Å². The molecule has 1 heterocycles. The average Bonchev–Trinajstić information content (AvgIpc) is 2.74. The molecule has 2 nitrogen and oxygen atoms in total. The number of carbonyl (C=O) groups is 1. The van der Waals surface area contributed by atoms with Gasteiger partial charge < -0.3 is 4.79 Å². The van der Waals surface area contributed by atoms with Gasteiger partial charge in [0, 0.05) is 17.2 Å². The maximum atomic E-state index is 11.4. The molecule has 82 valence electrons. The Balaban J connectivity index is 2.16. The Hall–Kier alpha value is -0.700. The van der Waals surface area contributed by atoms with Gasteiger partial charge in [0.1, 0.15) is 6.29 Å². The molecule has 1 fully saturated rings. The first-order valence-electron chi connectivity index (χ1n) is 5.60. The standard InChI is InChI=1S/C12H17NOS/c1-10-4-2-3-5-12(10,8-14)6-11-7-15-9-13-11/h7-10H,2-6H2,1H3. The molecule has 0 radical (unpaired) electrons. The molecule has 1 aliphatic rings. The summed E-state index contributed by atoms with van der Waals surface area (Å²) >= 11 is 1.61. The summed E-state index contributed by atoms with van der Waals surface area (Å²) in [4.78, 5) is 15.7. The molecule has 2 atom stereocenters. The Morgan fingerprint density at radius 3 is 3.13 bits per heavy atom. The van der Waals surface area contributed by atoms with Crippen LogP contribution in [0.15, 0.2) is 10.9 Å². The smallest absolute Gasteiger partial charge is 0.126 e. The topological polar surface area (TPSA) is 30.0 Å². The first-order chi connectivity index (χ1) is 7.27. The van der Waals surface area contributed by atoms with Gasteiger partial charge >= 0.3 is 0 Å². The van der Waals surface area contributed by atoms with E-state index >= 15 is 0 Å². The van der Waals surface area contributed by atoms with E-state index in [1.165, 1.54) is 25.5 Å². The van der Waals surface area contributed by atoms with Crippen LogP contribution in [-0.2, 0) is 11.2 Å². The van der Waals surface area contributed by atoms with Crippen LogP contribution < -0.4 is 0 Å². The molecule has 2 unspecified atom stereocenters. The van der Waals surface area contributed by atoms with Crippen molar-refractivity contribution in [2.45, 2.75) is 39.0 Å². The van der Waals surface area contributed by atoms with Gasteiger partial charge in [-0.15, -0.1) is 11.3 Å². The summed E-state index contributed by atoms with van der Waals surface area (Å²) in [6.45, 7) is 2.21. The number of aldehydes is 1. The maximum absolute atomic E-state index is 11.4. The van der Waals surface area contributed by atoms with E-state index in [0.29, 0.717) is 5.92 Å². The van der Waals surface area contributed by atoms with Crippen molar-refractivity contribution >= 4 is 17.6 Å². The molecule has 0 aliphatic heterocycles. The van der Waals surface area contributed by atoms with Crippen molar-refractivity contribution in [3.63, 3.8) is 0 Å². The van der Waals surface area contributed by atoms with Crippen LogP contribution in [0.2, 0.25) is 0 Å². The van der Waals surface area contributed by atoms with Crippen LogP contribution in [0.1, 0.15) is 38.3 Å². The predicted octanol–water partition coefficient (Wildman–Crippen LogP) is 3.08. The number of hydrogen-bond acceptors (Lipinski definition) is 3. The summed E-state index contributed by atoms with van der Waals surface area (Å²) in [6.07, 6.45) is 6.70. The van der Waals surface area contributed by atoms with Crippen LogP contribution in [0.5, 0.6) is 0 Å². The second-order valence-corrected chi connectivity index (χ2v) is 5.37. The predicted molar refractivity (Wildman–Crippen MR) is 61.9 cm³/mol. The first kappa shape index (κ1) is 10.8. The first-order valence-corrected chi connectivity index (χ1v) is 6.54. The van der Waals surface area contributed by atoms with Crippen LogP contribution >= 0.6 is 11.3 Å². The van der Waals surface area contributed by atoms with Gasteiger partial charge in [0.2, 0.25) is 0 Å². The molecule has 1 aromatic heterocycles. The van der Waals surface area contributed by atoms with Gasteiger partial charge in [-0.3, -0.25) is 0 Å². The quantitative estimate of drug-likeness (QED) is 0.737. The largest absolute Gasteiger partial charge is 0.303 e. The molecule has 0 bridgehead atoms. The summed E-state index contributed by atoms with van der Waals surface area (Å²) in [5.74, 6) is 0.505. The van der Waals surface area contributed by atoms with Gasteiger partial charge in [-0.1, -0.05) is 19.8 Å². The third kappa shape index (κ3) is 2.12. The molecule has 1 aliphatic carbocycles. The molecular formula is C12H17NOS. The van der Waals surface area contributed by atoms with Crippen molar-refractivity contribution < 1.29 is 4.79 Å². The SMILES string of the molecule is CC1CCCCC1(C=O)Cc1cscn1. The number of thiazole rings is 1.